The molecule has 0 saturated carbocycles. The van der Waals surface area contributed by atoms with Gasteiger partial charge >= 0.3 is 0 Å². The van der Waals surface area contributed by atoms with Gasteiger partial charge in [0, 0.05) is 5.41 Å². The average molecular weight is 699 g/mol. The van der Waals surface area contributed by atoms with Crippen LogP contribution in [0.1, 0.15) is 25.0 Å². The van der Waals surface area contributed by atoms with Crippen LogP contribution in [0, 0.1) is 0 Å². The van der Waals surface area contributed by atoms with Crippen molar-refractivity contribution in [1.29, 1.82) is 0 Å². The molecule has 0 atom stereocenters. The Morgan fingerprint density at radius 1 is 0.273 bits per heavy atom. The van der Waals surface area contributed by atoms with E-state index in [1.807, 2.05) is 0 Å². The molecule has 10 aromatic carbocycles. The van der Waals surface area contributed by atoms with E-state index in [-0.39, 0.29) is 5.41 Å². The molecule has 0 fully saturated rings. The highest BCUT2D eigenvalue weighted by Gasteiger charge is 2.35. The molecule has 1 aliphatic carbocycles. The van der Waals surface area contributed by atoms with Crippen molar-refractivity contribution in [2.45, 2.75) is 19.3 Å². The molecule has 0 saturated heterocycles. The highest BCUT2D eigenvalue weighted by Crippen LogP contribution is 2.51. The fourth-order valence-electron chi connectivity index (χ4n) is 9.42. The second-order valence-corrected chi connectivity index (χ2v) is 15.7. The van der Waals surface area contributed by atoms with E-state index in [9.17, 15) is 0 Å². The van der Waals surface area contributed by atoms with Crippen LogP contribution in [0.5, 0.6) is 0 Å². The van der Waals surface area contributed by atoms with Crippen LogP contribution in [0.15, 0.2) is 194 Å². The molecule has 10 aromatic rings. The molecule has 0 unspecified atom stereocenters. The van der Waals surface area contributed by atoms with Crippen LogP contribution in [0.25, 0.3) is 98.7 Å². The van der Waals surface area contributed by atoms with Crippen molar-refractivity contribution >= 4 is 43.1 Å². The second-order valence-electron chi connectivity index (χ2n) is 15.7. The minimum atomic E-state index is -0.0881. The zero-order chi connectivity index (χ0) is 36.7. The quantitative estimate of drug-likeness (QED) is 0.161. The van der Waals surface area contributed by atoms with Gasteiger partial charge in [-0.15, -0.1) is 0 Å². The number of hydrogen-bond acceptors (Lipinski definition) is 0. The first-order chi connectivity index (χ1) is 27.0. The monoisotopic (exact) mass is 698 g/mol. The Bertz CT molecular complexity index is 3160. The molecule has 0 heteroatoms. The van der Waals surface area contributed by atoms with E-state index < -0.39 is 0 Å². The predicted octanol–water partition coefficient (Wildman–Crippen LogP) is 15.3. The summed E-state index contributed by atoms with van der Waals surface area (Å²) in [7, 11) is 0. The van der Waals surface area contributed by atoms with Crippen LogP contribution >= 0.6 is 0 Å². The molecule has 0 aliphatic heterocycles. The van der Waals surface area contributed by atoms with Gasteiger partial charge in [-0.2, -0.15) is 0 Å². The first kappa shape index (κ1) is 31.7. The fourth-order valence-corrected chi connectivity index (χ4v) is 9.42. The van der Waals surface area contributed by atoms with Gasteiger partial charge in [-0.05, 0) is 140 Å². The van der Waals surface area contributed by atoms with E-state index >= 15 is 0 Å². The van der Waals surface area contributed by atoms with Crippen LogP contribution in [0.3, 0.4) is 0 Å². The predicted molar refractivity (Wildman–Crippen MR) is 236 cm³/mol. The summed E-state index contributed by atoms with van der Waals surface area (Å²) >= 11 is 0. The first-order valence-corrected chi connectivity index (χ1v) is 19.3. The van der Waals surface area contributed by atoms with Crippen molar-refractivity contribution in [3.8, 4) is 55.6 Å². The van der Waals surface area contributed by atoms with E-state index in [4.69, 9.17) is 0 Å². The highest BCUT2D eigenvalue weighted by molar-refractivity contribution is 6.22. The van der Waals surface area contributed by atoms with E-state index in [2.05, 4.69) is 208 Å². The van der Waals surface area contributed by atoms with Gasteiger partial charge < -0.3 is 0 Å². The van der Waals surface area contributed by atoms with Crippen LogP contribution in [-0.2, 0) is 5.41 Å². The lowest BCUT2D eigenvalue weighted by Gasteiger charge is -2.23. The summed E-state index contributed by atoms with van der Waals surface area (Å²) in [5.41, 5.74) is 15.4. The molecule has 0 nitrogen and oxygen atoms in total. The lowest BCUT2D eigenvalue weighted by molar-refractivity contribution is 0.660. The van der Waals surface area contributed by atoms with Gasteiger partial charge in [-0.3, -0.25) is 0 Å². The van der Waals surface area contributed by atoms with E-state index in [1.165, 1.54) is 110 Å². The van der Waals surface area contributed by atoms with Crippen molar-refractivity contribution in [2.24, 2.45) is 0 Å². The largest absolute Gasteiger partial charge is 0.0622 e. The standard InChI is InChI=1S/C55H38/c1-55(2)51-19-11-10-16-45(51)46-28-27-44(34-52(46)55)54-48-18-9-8-17-47(48)53(43-25-24-39-31-38(22-23-41(39)32-43)35-12-4-3-5-13-35)49-29-26-42(33-50(49)54)40-21-20-36-14-6-7-15-37(36)30-40/h3-34H,1-2H3. The minimum Gasteiger partial charge on any atom is -0.0622 e. The van der Waals surface area contributed by atoms with Gasteiger partial charge in [0.2, 0.25) is 0 Å². The van der Waals surface area contributed by atoms with Crippen molar-refractivity contribution in [1.82, 2.24) is 0 Å². The molecule has 258 valence electrons. The molecule has 11 rings (SSSR count). The maximum Gasteiger partial charge on any atom is 0.0159 e. The summed E-state index contributed by atoms with van der Waals surface area (Å²) in [6.45, 7) is 4.75. The Morgan fingerprint density at radius 3 is 1.53 bits per heavy atom. The van der Waals surface area contributed by atoms with E-state index in [1.54, 1.807) is 0 Å². The smallest absolute Gasteiger partial charge is 0.0159 e. The molecule has 1 aliphatic rings. The molecule has 0 bridgehead atoms. The number of hydrogen-bond donors (Lipinski definition) is 0. The second kappa shape index (κ2) is 12.1. The van der Waals surface area contributed by atoms with Gasteiger partial charge in [0.25, 0.3) is 0 Å². The average Bonchev–Trinajstić information content (AvgIpc) is 3.47. The molecule has 0 spiro atoms. The Labute approximate surface area is 322 Å². The molecule has 0 aromatic heterocycles. The maximum absolute atomic E-state index is 2.49. The summed E-state index contributed by atoms with van der Waals surface area (Å²) in [6, 6.07) is 72.4. The van der Waals surface area contributed by atoms with Crippen molar-refractivity contribution in [3.05, 3.63) is 205 Å². The van der Waals surface area contributed by atoms with Gasteiger partial charge in [-0.1, -0.05) is 178 Å². The molecule has 0 N–H and O–H groups in total. The van der Waals surface area contributed by atoms with Crippen molar-refractivity contribution < 1.29 is 0 Å². The minimum absolute atomic E-state index is 0.0881. The number of fused-ring (bicyclic) bond motifs is 7. The van der Waals surface area contributed by atoms with Crippen LogP contribution in [0.2, 0.25) is 0 Å². The zero-order valence-electron chi connectivity index (χ0n) is 31.0. The molecule has 0 radical (unpaired) electrons. The van der Waals surface area contributed by atoms with Crippen LogP contribution in [-0.4, -0.2) is 0 Å². The summed E-state index contributed by atoms with van der Waals surface area (Å²) in [4.78, 5) is 0. The van der Waals surface area contributed by atoms with Gasteiger partial charge in [0.05, 0.1) is 0 Å². The SMILES string of the molecule is CC1(C)c2ccccc2-c2ccc(-c3c4ccccc4c(-c4ccc5cc(-c6ccccc6)ccc5c4)c4ccc(-c5ccc6ccccc6c5)cc34)cc21. The Kier molecular flexibility index (Phi) is 7.00. The summed E-state index contributed by atoms with van der Waals surface area (Å²) in [6.07, 6.45) is 0. The number of benzene rings is 10. The lowest BCUT2D eigenvalue weighted by atomic mass is 9.80. The normalized spacial score (nSPS) is 13.1. The Hall–Kier alpha value is -6.76. The summed E-state index contributed by atoms with van der Waals surface area (Å²) in [5.74, 6) is 0. The molecule has 55 heavy (non-hydrogen) atoms. The van der Waals surface area contributed by atoms with E-state index in [0.29, 0.717) is 0 Å². The van der Waals surface area contributed by atoms with Gasteiger partial charge in [-0.25, -0.2) is 0 Å². The summed E-state index contributed by atoms with van der Waals surface area (Å²) in [5, 5.41) is 10.1. The van der Waals surface area contributed by atoms with Gasteiger partial charge in [0.1, 0.15) is 0 Å². The zero-order valence-corrected chi connectivity index (χ0v) is 31.0. The lowest BCUT2D eigenvalue weighted by Crippen LogP contribution is -2.14. The summed E-state index contributed by atoms with van der Waals surface area (Å²) < 4.78 is 0. The van der Waals surface area contributed by atoms with Crippen molar-refractivity contribution in [2.75, 3.05) is 0 Å². The Balaban J connectivity index is 1.17. The van der Waals surface area contributed by atoms with Gasteiger partial charge in [0.15, 0.2) is 0 Å². The Morgan fingerprint density at radius 2 is 0.745 bits per heavy atom. The highest BCUT2D eigenvalue weighted by atomic mass is 14.4. The topological polar surface area (TPSA) is 0 Å². The third-order valence-corrected chi connectivity index (χ3v) is 12.2. The maximum atomic E-state index is 2.49. The molecular formula is C55H38. The number of rotatable bonds is 4. The van der Waals surface area contributed by atoms with Crippen molar-refractivity contribution in [3.63, 3.8) is 0 Å². The van der Waals surface area contributed by atoms with Crippen LogP contribution < -0.4 is 0 Å². The third kappa shape index (κ3) is 4.99. The van der Waals surface area contributed by atoms with E-state index in [0.717, 1.165) is 0 Å². The molecular weight excluding hydrogens is 661 g/mol. The third-order valence-electron chi connectivity index (χ3n) is 12.2. The first-order valence-electron chi connectivity index (χ1n) is 19.3. The van der Waals surface area contributed by atoms with Crippen LogP contribution in [0.4, 0.5) is 0 Å². The fraction of sp³-hybridized carbons (Fsp3) is 0.0545. The molecule has 0 amide bonds. The molecule has 0 heterocycles.